The number of ether oxygens (including phenoxy) is 1. The van der Waals surface area contributed by atoms with Crippen LogP contribution in [0.4, 0.5) is 13.2 Å². The molecule has 0 aliphatic rings. The number of hydrogen-bond acceptors (Lipinski definition) is 3. The van der Waals surface area contributed by atoms with Crippen LogP contribution in [0.2, 0.25) is 5.02 Å². The van der Waals surface area contributed by atoms with Gasteiger partial charge in [-0.25, -0.2) is 0 Å². The molecule has 2 aromatic rings. The zero-order valence-corrected chi connectivity index (χ0v) is 12.9. The van der Waals surface area contributed by atoms with Gasteiger partial charge in [0.15, 0.2) is 5.84 Å². The molecule has 0 atom stereocenters. The molecule has 126 valence electrons. The van der Waals surface area contributed by atoms with Crippen LogP contribution in [0.25, 0.3) is 0 Å². The van der Waals surface area contributed by atoms with Crippen molar-refractivity contribution in [2.24, 2.45) is 16.1 Å². The lowest BCUT2D eigenvalue weighted by atomic mass is 10.1. The van der Waals surface area contributed by atoms with Crippen LogP contribution in [0.5, 0.6) is 5.75 Å². The first kappa shape index (κ1) is 17.7. The van der Waals surface area contributed by atoms with Gasteiger partial charge in [-0.1, -0.05) is 35.0 Å². The van der Waals surface area contributed by atoms with Crippen molar-refractivity contribution in [2.45, 2.75) is 12.8 Å². The van der Waals surface area contributed by atoms with Gasteiger partial charge in [-0.2, -0.15) is 18.7 Å². The molecule has 0 fully saturated rings. The molecule has 2 rings (SSSR count). The molecule has 5 nitrogen and oxygen atoms in total. The Morgan fingerprint density at radius 2 is 1.96 bits per heavy atom. The number of nitrogens with one attached hydrogen (secondary N) is 1. The van der Waals surface area contributed by atoms with Crippen LogP contribution in [0.3, 0.4) is 0 Å². The highest BCUT2D eigenvalue weighted by Gasteiger charge is 2.33. The van der Waals surface area contributed by atoms with Crippen molar-refractivity contribution in [3.63, 3.8) is 0 Å². The minimum absolute atomic E-state index is 0.0735. The Labute approximate surface area is 140 Å². The van der Waals surface area contributed by atoms with Crippen LogP contribution in [-0.2, 0) is 12.8 Å². The molecule has 0 bridgehead atoms. The smallest absolute Gasteiger partial charge is 0.417 e. The highest BCUT2D eigenvalue weighted by Crippen LogP contribution is 2.36. The predicted octanol–water partition coefficient (Wildman–Crippen LogP) is 4.59. The third kappa shape index (κ3) is 4.45. The second-order valence-electron chi connectivity index (χ2n) is 4.71. The van der Waals surface area contributed by atoms with Gasteiger partial charge < -0.3 is 10.5 Å². The van der Waals surface area contributed by atoms with Crippen molar-refractivity contribution in [3.05, 3.63) is 64.2 Å². The molecule has 3 N–H and O–H groups in total. The molecule has 0 radical (unpaired) electrons. The van der Waals surface area contributed by atoms with Crippen molar-refractivity contribution < 1.29 is 17.9 Å². The maximum Gasteiger partial charge on any atom is 0.417 e. The standard InChI is InChI=1S/C15H12ClF3N4O/c16-13-7-11(4-5-12(13)15(17,18)19)24-8-9-2-1-3-10(6-9)14(20)22-23-21/h1-7H,8H2,(H3,20,21,22). The van der Waals surface area contributed by atoms with Crippen molar-refractivity contribution in [2.75, 3.05) is 0 Å². The summed E-state index contributed by atoms with van der Waals surface area (Å²) in [6, 6.07) is 10.0. The van der Waals surface area contributed by atoms with Gasteiger partial charge in [0.25, 0.3) is 0 Å². The highest BCUT2D eigenvalue weighted by atomic mass is 35.5. The van der Waals surface area contributed by atoms with E-state index in [9.17, 15) is 13.2 Å². The van der Waals surface area contributed by atoms with Crippen LogP contribution in [0.1, 0.15) is 16.7 Å². The minimum atomic E-state index is -4.51. The van der Waals surface area contributed by atoms with Gasteiger partial charge in [0.1, 0.15) is 12.4 Å². The van der Waals surface area contributed by atoms with E-state index in [4.69, 9.17) is 27.6 Å². The molecule has 0 heterocycles. The van der Waals surface area contributed by atoms with Crippen molar-refractivity contribution >= 4 is 17.4 Å². The lowest BCUT2D eigenvalue weighted by Gasteiger charge is -2.11. The Balaban J connectivity index is 2.11. The summed E-state index contributed by atoms with van der Waals surface area (Å²) < 4.78 is 43.4. The number of alkyl halides is 3. The van der Waals surface area contributed by atoms with Crippen LogP contribution in [-0.4, -0.2) is 5.84 Å². The molecule has 0 amide bonds. The highest BCUT2D eigenvalue weighted by molar-refractivity contribution is 6.31. The first-order valence-electron chi connectivity index (χ1n) is 6.60. The van der Waals surface area contributed by atoms with Gasteiger partial charge in [-0.15, -0.1) is 5.10 Å². The number of halogens is 4. The van der Waals surface area contributed by atoms with E-state index in [0.717, 1.165) is 12.1 Å². The zero-order valence-electron chi connectivity index (χ0n) is 12.1. The van der Waals surface area contributed by atoms with E-state index in [1.165, 1.54) is 6.07 Å². The summed E-state index contributed by atoms with van der Waals surface area (Å²) in [6.07, 6.45) is -4.51. The largest absolute Gasteiger partial charge is 0.489 e. The summed E-state index contributed by atoms with van der Waals surface area (Å²) in [4.78, 5) is 0. The number of rotatable bonds is 5. The quantitative estimate of drug-likeness (QED) is 0.355. The van der Waals surface area contributed by atoms with Crippen molar-refractivity contribution in [1.82, 2.24) is 0 Å². The van der Waals surface area contributed by atoms with Crippen molar-refractivity contribution in [1.29, 1.82) is 5.53 Å². The van der Waals surface area contributed by atoms with E-state index < -0.39 is 16.8 Å². The summed E-state index contributed by atoms with van der Waals surface area (Å²) in [5.41, 5.74) is 12.6. The molecule has 0 saturated carbocycles. The van der Waals surface area contributed by atoms with Gasteiger partial charge >= 0.3 is 6.18 Å². The average molecular weight is 357 g/mol. The first-order valence-corrected chi connectivity index (χ1v) is 6.98. The number of amidine groups is 1. The van der Waals surface area contributed by atoms with Crippen LogP contribution < -0.4 is 10.5 Å². The van der Waals surface area contributed by atoms with Crippen LogP contribution >= 0.6 is 11.6 Å². The maximum absolute atomic E-state index is 12.6. The number of hydrogen-bond donors (Lipinski definition) is 2. The molecule has 2 aromatic carbocycles. The zero-order chi connectivity index (χ0) is 17.7. The Hall–Kier alpha value is -2.61. The molecule has 24 heavy (non-hydrogen) atoms. The van der Waals surface area contributed by atoms with Gasteiger partial charge in [0.05, 0.1) is 10.6 Å². The van der Waals surface area contributed by atoms with E-state index in [1.807, 2.05) is 0 Å². The fourth-order valence-electron chi connectivity index (χ4n) is 1.91. The molecular weight excluding hydrogens is 345 g/mol. The fourth-order valence-corrected chi connectivity index (χ4v) is 2.19. The second kappa shape index (κ2) is 7.31. The van der Waals surface area contributed by atoms with Crippen molar-refractivity contribution in [3.8, 4) is 5.75 Å². The molecule has 0 aliphatic carbocycles. The molecule has 0 aliphatic heterocycles. The Morgan fingerprint density at radius 1 is 1.21 bits per heavy atom. The molecule has 0 unspecified atom stereocenters. The monoisotopic (exact) mass is 356 g/mol. The van der Waals surface area contributed by atoms with Gasteiger partial charge in [-0.05, 0) is 29.8 Å². The molecule has 9 heteroatoms. The van der Waals surface area contributed by atoms with Gasteiger partial charge in [0.2, 0.25) is 0 Å². The van der Waals surface area contributed by atoms with E-state index in [1.54, 1.807) is 24.3 Å². The Bertz CT molecular complexity index is 778. The number of benzene rings is 2. The normalized spacial score (nSPS) is 12.1. The lowest BCUT2D eigenvalue weighted by molar-refractivity contribution is -0.137. The fraction of sp³-hybridized carbons (Fsp3) is 0.133. The van der Waals surface area contributed by atoms with Crippen LogP contribution in [0.15, 0.2) is 52.8 Å². The van der Waals surface area contributed by atoms with E-state index in [-0.39, 0.29) is 18.2 Å². The second-order valence-corrected chi connectivity index (χ2v) is 5.12. The topological polar surface area (TPSA) is 83.8 Å². The minimum Gasteiger partial charge on any atom is -0.489 e. The first-order chi connectivity index (χ1) is 11.3. The molecule has 0 aromatic heterocycles. The summed E-state index contributed by atoms with van der Waals surface area (Å²) in [7, 11) is 0. The third-order valence-electron chi connectivity index (χ3n) is 3.03. The summed E-state index contributed by atoms with van der Waals surface area (Å²) in [5, 5.41) is 5.84. The van der Waals surface area contributed by atoms with Gasteiger partial charge in [0, 0.05) is 5.56 Å². The number of nitrogens with two attached hydrogens (primary N) is 1. The Morgan fingerprint density at radius 3 is 2.58 bits per heavy atom. The lowest BCUT2D eigenvalue weighted by Crippen LogP contribution is -2.13. The summed E-state index contributed by atoms with van der Waals surface area (Å²) in [5.74, 6) is 0.283. The molecular formula is C15H12ClF3N4O. The summed E-state index contributed by atoms with van der Waals surface area (Å²) in [6.45, 7) is 0.0980. The van der Waals surface area contributed by atoms with E-state index in [2.05, 4.69) is 10.3 Å². The predicted molar refractivity (Wildman–Crippen MR) is 83.1 cm³/mol. The third-order valence-corrected chi connectivity index (χ3v) is 3.34. The number of nitrogens with zero attached hydrogens (tertiary/aromatic N) is 2. The van der Waals surface area contributed by atoms with Gasteiger partial charge in [-0.3, -0.25) is 0 Å². The average Bonchev–Trinajstić information content (AvgIpc) is 2.52. The van der Waals surface area contributed by atoms with E-state index in [0.29, 0.717) is 11.1 Å². The molecule has 0 saturated heterocycles. The maximum atomic E-state index is 12.6. The van der Waals surface area contributed by atoms with Crippen LogP contribution in [0, 0.1) is 5.53 Å². The SMILES string of the molecule is N=NN=C(N)c1cccc(COc2ccc(C(F)(F)F)c(Cl)c2)c1. The summed E-state index contributed by atoms with van der Waals surface area (Å²) >= 11 is 5.64. The van der Waals surface area contributed by atoms with E-state index >= 15 is 0 Å². The Kier molecular flexibility index (Phi) is 5.40. The molecule has 0 spiro atoms.